The van der Waals surface area contributed by atoms with Gasteiger partial charge in [0.05, 0.1) is 11.5 Å². The maximum absolute atomic E-state index is 12.0. The van der Waals surface area contributed by atoms with E-state index in [1.165, 1.54) is 11.3 Å². The number of aromatic nitrogens is 2. The zero-order chi connectivity index (χ0) is 19.1. The summed E-state index contributed by atoms with van der Waals surface area (Å²) in [5, 5.41) is 5.81. The minimum atomic E-state index is -0.413. The van der Waals surface area contributed by atoms with E-state index in [9.17, 15) is 9.59 Å². The number of hydrogen-bond acceptors (Lipinski definition) is 7. The molecule has 0 aliphatic carbocycles. The van der Waals surface area contributed by atoms with Gasteiger partial charge in [-0.3, -0.25) is 20.4 Å². The first-order chi connectivity index (χ1) is 13.2. The second-order valence-corrected chi connectivity index (χ2v) is 6.40. The molecule has 0 bridgehead atoms. The lowest BCUT2D eigenvalue weighted by molar-refractivity contribution is -0.121. The fraction of sp³-hybridized carbons (Fsp3) is 0.222. The molecule has 0 saturated carbocycles. The first-order valence-electron chi connectivity index (χ1n) is 8.34. The number of hydrogen-bond donors (Lipinski definition) is 2. The lowest BCUT2D eigenvalue weighted by Crippen LogP contribution is -2.41. The molecule has 0 atom stereocenters. The SMILES string of the molecule is CCOc1ccc(C(=O)NNC(=O)CCc2nc(-c3cccs3)no2)cc1. The van der Waals surface area contributed by atoms with Gasteiger partial charge in [-0.2, -0.15) is 4.98 Å². The van der Waals surface area contributed by atoms with Gasteiger partial charge < -0.3 is 9.26 Å². The number of hydrazine groups is 1. The van der Waals surface area contributed by atoms with Crippen molar-refractivity contribution in [3.05, 3.63) is 53.2 Å². The van der Waals surface area contributed by atoms with Crippen LogP contribution < -0.4 is 15.6 Å². The van der Waals surface area contributed by atoms with E-state index in [2.05, 4.69) is 21.0 Å². The van der Waals surface area contributed by atoms with Gasteiger partial charge in [0.2, 0.25) is 17.6 Å². The predicted octanol–water partition coefficient (Wildman–Crippen LogP) is 2.59. The van der Waals surface area contributed by atoms with E-state index in [4.69, 9.17) is 9.26 Å². The number of carbonyl (C=O) groups is 2. The van der Waals surface area contributed by atoms with Crippen LogP contribution >= 0.6 is 11.3 Å². The van der Waals surface area contributed by atoms with E-state index in [1.54, 1.807) is 24.3 Å². The molecule has 9 heteroatoms. The number of rotatable bonds is 7. The van der Waals surface area contributed by atoms with Crippen molar-refractivity contribution >= 4 is 23.2 Å². The van der Waals surface area contributed by atoms with Crippen LogP contribution in [0.4, 0.5) is 0 Å². The number of benzene rings is 1. The van der Waals surface area contributed by atoms with E-state index in [-0.39, 0.29) is 18.7 Å². The lowest BCUT2D eigenvalue weighted by atomic mass is 10.2. The Hall–Kier alpha value is -3.20. The van der Waals surface area contributed by atoms with Crippen molar-refractivity contribution in [1.29, 1.82) is 0 Å². The van der Waals surface area contributed by atoms with Crippen LogP contribution in [0.5, 0.6) is 5.75 Å². The quantitative estimate of drug-likeness (QED) is 0.605. The Balaban J connectivity index is 1.43. The Kier molecular flexibility index (Phi) is 6.16. The maximum Gasteiger partial charge on any atom is 0.269 e. The third kappa shape index (κ3) is 5.14. The van der Waals surface area contributed by atoms with Gasteiger partial charge in [0.15, 0.2) is 0 Å². The van der Waals surface area contributed by atoms with Crippen LogP contribution in [0, 0.1) is 0 Å². The number of nitrogens with one attached hydrogen (secondary N) is 2. The molecule has 2 N–H and O–H groups in total. The number of thiophene rings is 1. The molecule has 0 fully saturated rings. The third-order valence-corrected chi connectivity index (χ3v) is 4.38. The highest BCUT2D eigenvalue weighted by Gasteiger charge is 2.12. The normalized spacial score (nSPS) is 10.4. The Morgan fingerprint density at radius 3 is 2.70 bits per heavy atom. The average Bonchev–Trinajstić information content (AvgIpc) is 3.37. The molecule has 0 aliphatic heterocycles. The summed E-state index contributed by atoms with van der Waals surface area (Å²) < 4.78 is 10.4. The van der Waals surface area contributed by atoms with Crippen LogP contribution in [0.15, 0.2) is 46.3 Å². The average molecular weight is 386 g/mol. The van der Waals surface area contributed by atoms with Crippen molar-refractivity contribution in [2.24, 2.45) is 0 Å². The van der Waals surface area contributed by atoms with Crippen molar-refractivity contribution in [2.45, 2.75) is 19.8 Å². The van der Waals surface area contributed by atoms with Crippen LogP contribution in [-0.2, 0) is 11.2 Å². The van der Waals surface area contributed by atoms with Crippen molar-refractivity contribution in [3.8, 4) is 16.5 Å². The predicted molar refractivity (Wildman–Crippen MR) is 99.2 cm³/mol. The maximum atomic E-state index is 12.0. The molecule has 8 nitrogen and oxygen atoms in total. The Labute approximate surface area is 159 Å². The molecule has 1 aromatic carbocycles. The first kappa shape index (κ1) is 18.6. The van der Waals surface area contributed by atoms with Crippen molar-refractivity contribution < 1.29 is 18.8 Å². The smallest absolute Gasteiger partial charge is 0.269 e. The van der Waals surface area contributed by atoms with Crippen molar-refractivity contribution in [3.63, 3.8) is 0 Å². The number of nitrogens with zero attached hydrogens (tertiary/aromatic N) is 2. The number of amides is 2. The number of carbonyl (C=O) groups excluding carboxylic acids is 2. The highest BCUT2D eigenvalue weighted by Crippen LogP contribution is 2.21. The van der Waals surface area contributed by atoms with Gasteiger partial charge in [-0.25, -0.2) is 0 Å². The molecule has 0 spiro atoms. The van der Waals surface area contributed by atoms with Crippen LogP contribution in [0.3, 0.4) is 0 Å². The van der Waals surface area contributed by atoms with E-state index < -0.39 is 5.91 Å². The van der Waals surface area contributed by atoms with Gasteiger partial charge in [0, 0.05) is 18.4 Å². The second kappa shape index (κ2) is 8.95. The molecule has 3 rings (SSSR count). The van der Waals surface area contributed by atoms with Crippen LogP contribution in [-0.4, -0.2) is 28.6 Å². The van der Waals surface area contributed by atoms with Crippen LogP contribution in [0.1, 0.15) is 29.6 Å². The zero-order valence-corrected chi connectivity index (χ0v) is 15.4. The largest absolute Gasteiger partial charge is 0.494 e. The van der Waals surface area contributed by atoms with E-state index in [0.717, 1.165) is 4.88 Å². The minimum Gasteiger partial charge on any atom is -0.494 e. The van der Waals surface area contributed by atoms with Gasteiger partial charge in [0.25, 0.3) is 5.91 Å². The Morgan fingerprint density at radius 2 is 2.00 bits per heavy atom. The highest BCUT2D eigenvalue weighted by atomic mass is 32.1. The lowest BCUT2D eigenvalue weighted by Gasteiger charge is -2.07. The minimum absolute atomic E-state index is 0.107. The van der Waals surface area contributed by atoms with Crippen molar-refractivity contribution in [1.82, 2.24) is 21.0 Å². The molecule has 0 saturated heterocycles. The molecule has 0 radical (unpaired) electrons. The van der Waals surface area contributed by atoms with E-state index in [0.29, 0.717) is 29.6 Å². The molecule has 2 heterocycles. The monoisotopic (exact) mass is 386 g/mol. The van der Waals surface area contributed by atoms with E-state index >= 15 is 0 Å². The summed E-state index contributed by atoms with van der Waals surface area (Å²) in [5.41, 5.74) is 5.15. The standard InChI is InChI=1S/C18H18N4O4S/c1-2-25-13-7-5-12(6-8-13)18(24)21-20-15(23)9-10-16-19-17(22-26-16)14-4-3-11-27-14/h3-8,11H,2,9-10H2,1H3,(H,20,23)(H,21,24). The van der Waals surface area contributed by atoms with Gasteiger partial charge in [-0.1, -0.05) is 11.2 Å². The Morgan fingerprint density at radius 1 is 1.19 bits per heavy atom. The summed E-state index contributed by atoms with van der Waals surface area (Å²) in [6.07, 6.45) is 0.388. The highest BCUT2D eigenvalue weighted by molar-refractivity contribution is 7.13. The summed E-state index contributed by atoms with van der Waals surface area (Å²) in [6, 6.07) is 10.4. The molecule has 2 aromatic heterocycles. The van der Waals surface area contributed by atoms with Crippen LogP contribution in [0.2, 0.25) is 0 Å². The topological polar surface area (TPSA) is 106 Å². The molecule has 140 valence electrons. The van der Waals surface area contributed by atoms with Gasteiger partial charge in [-0.05, 0) is 42.6 Å². The van der Waals surface area contributed by atoms with Gasteiger partial charge >= 0.3 is 0 Å². The molecule has 3 aromatic rings. The fourth-order valence-electron chi connectivity index (χ4n) is 2.21. The fourth-order valence-corrected chi connectivity index (χ4v) is 2.86. The van der Waals surface area contributed by atoms with Gasteiger partial charge in [-0.15, -0.1) is 11.3 Å². The summed E-state index contributed by atoms with van der Waals surface area (Å²) in [5.74, 6) is 0.782. The van der Waals surface area contributed by atoms with Crippen LogP contribution in [0.25, 0.3) is 10.7 Å². The molecule has 27 heavy (non-hydrogen) atoms. The first-order valence-corrected chi connectivity index (χ1v) is 9.22. The number of ether oxygens (including phenoxy) is 1. The summed E-state index contributed by atoms with van der Waals surface area (Å²) in [6.45, 7) is 2.43. The van der Waals surface area contributed by atoms with Gasteiger partial charge in [0.1, 0.15) is 5.75 Å². The Bertz CT molecular complexity index is 890. The summed E-state index contributed by atoms with van der Waals surface area (Å²) in [7, 11) is 0. The molecular weight excluding hydrogens is 368 g/mol. The molecule has 0 aliphatic rings. The number of aryl methyl sites for hydroxylation is 1. The second-order valence-electron chi connectivity index (χ2n) is 5.45. The summed E-state index contributed by atoms with van der Waals surface area (Å²) >= 11 is 1.51. The van der Waals surface area contributed by atoms with E-state index in [1.807, 2.05) is 24.4 Å². The third-order valence-electron chi connectivity index (χ3n) is 3.52. The molecule has 0 unspecified atom stereocenters. The zero-order valence-electron chi connectivity index (χ0n) is 14.6. The molecular formula is C18H18N4O4S. The van der Waals surface area contributed by atoms with Crippen molar-refractivity contribution in [2.75, 3.05) is 6.61 Å². The summed E-state index contributed by atoms with van der Waals surface area (Å²) in [4.78, 5) is 29.1. The molecule has 2 amide bonds.